The van der Waals surface area contributed by atoms with Crippen LogP contribution in [0.15, 0.2) is 53.2 Å². The van der Waals surface area contributed by atoms with Crippen molar-refractivity contribution >= 4 is 11.8 Å². The molecule has 8 heteroatoms. The van der Waals surface area contributed by atoms with Gasteiger partial charge in [0.05, 0.1) is 6.54 Å². The molecule has 0 aliphatic carbocycles. The van der Waals surface area contributed by atoms with E-state index in [1.54, 1.807) is 25.4 Å². The molecule has 1 saturated heterocycles. The summed E-state index contributed by atoms with van der Waals surface area (Å²) in [7, 11) is 3.48. The van der Waals surface area contributed by atoms with Crippen molar-refractivity contribution in [3.63, 3.8) is 0 Å². The van der Waals surface area contributed by atoms with Crippen molar-refractivity contribution in [3.8, 4) is 11.3 Å². The molecule has 1 aliphatic rings. The van der Waals surface area contributed by atoms with Crippen molar-refractivity contribution < 1.29 is 18.7 Å². The van der Waals surface area contributed by atoms with E-state index >= 15 is 0 Å². The first kappa shape index (κ1) is 22.8. The maximum absolute atomic E-state index is 13.4. The number of carbonyl (C=O) groups is 2. The summed E-state index contributed by atoms with van der Waals surface area (Å²) in [6, 6.07) is 11.5. The smallest absolute Gasteiger partial charge is 0.290 e. The van der Waals surface area contributed by atoms with Gasteiger partial charge in [-0.2, -0.15) is 0 Å². The molecule has 0 radical (unpaired) electrons. The Bertz CT molecular complexity index is 1100. The number of likely N-dealkylation sites (N-methyl/N-ethyl adjacent to an activating group) is 1. The first-order chi connectivity index (χ1) is 16.0. The van der Waals surface area contributed by atoms with Crippen LogP contribution >= 0.6 is 0 Å². The van der Waals surface area contributed by atoms with Gasteiger partial charge in [-0.15, -0.1) is 0 Å². The van der Waals surface area contributed by atoms with Gasteiger partial charge < -0.3 is 23.9 Å². The van der Waals surface area contributed by atoms with Crippen LogP contribution in [0.4, 0.5) is 0 Å². The van der Waals surface area contributed by atoms with Crippen LogP contribution in [0.3, 0.4) is 0 Å². The molecule has 174 valence electrons. The summed E-state index contributed by atoms with van der Waals surface area (Å²) < 4.78 is 13.8. The van der Waals surface area contributed by atoms with Gasteiger partial charge in [0, 0.05) is 51.1 Å². The lowest BCUT2D eigenvalue weighted by Crippen LogP contribution is -2.42. The molecule has 1 aliphatic heterocycles. The number of nitrogens with one attached hydrogen (secondary N) is 1. The number of nitrogens with zero attached hydrogens (tertiary/aromatic N) is 3. The summed E-state index contributed by atoms with van der Waals surface area (Å²) in [5.41, 5.74) is 2.14. The van der Waals surface area contributed by atoms with E-state index < -0.39 is 0 Å². The highest BCUT2D eigenvalue weighted by molar-refractivity contribution is 5.94. The lowest BCUT2D eigenvalue weighted by atomic mass is 9.99. The van der Waals surface area contributed by atoms with Crippen LogP contribution < -0.4 is 5.32 Å². The highest BCUT2D eigenvalue weighted by Gasteiger charge is 2.35. The van der Waals surface area contributed by atoms with Gasteiger partial charge in [0.2, 0.25) is 5.91 Å². The van der Waals surface area contributed by atoms with Gasteiger partial charge in [-0.25, -0.2) is 4.98 Å². The maximum atomic E-state index is 13.4. The van der Waals surface area contributed by atoms with Gasteiger partial charge in [-0.1, -0.05) is 31.2 Å². The van der Waals surface area contributed by atoms with Crippen LogP contribution in [0.5, 0.6) is 0 Å². The van der Waals surface area contributed by atoms with Crippen molar-refractivity contribution in [3.05, 3.63) is 65.9 Å². The monoisotopic (exact) mass is 450 g/mol. The first-order valence-corrected chi connectivity index (χ1v) is 11.3. The van der Waals surface area contributed by atoms with Crippen molar-refractivity contribution in [2.75, 3.05) is 26.7 Å². The number of furan rings is 1. The predicted octanol–water partition coefficient (Wildman–Crippen LogP) is 3.21. The molecule has 8 nitrogen and oxygen atoms in total. The predicted molar refractivity (Wildman–Crippen MR) is 124 cm³/mol. The number of rotatable bonds is 8. The van der Waals surface area contributed by atoms with E-state index in [0.29, 0.717) is 18.9 Å². The summed E-state index contributed by atoms with van der Waals surface area (Å²) in [4.78, 5) is 31.5. The number of imidazole rings is 1. The third-order valence-electron chi connectivity index (χ3n) is 6.15. The third kappa shape index (κ3) is 5.01. The minimum atomic E-state index is -0.319. The van der Waals surface area contributed by atoms with Gasteiger partial charge in [0.25, 0.3) is 5.91 Å². The van der Waals surface area contributed by atoms with Crippen LogP contribution in [0.25, 0.3) is 11.3 Å². The molecule has 2 amide bonds. The number of benzene rings is 1. The molecule has 3 aromatic rings. The lowest BCUT2D eigenvalue weighted by Gasteiger charge is -2.26. The second-order valence-corrected chi connectivity index (χ2v) is 8.31. The van der Waals surface area contributed by atoms with Crippen LogP contribution in [0.1, 0.15) is 41.4 Å². The molecule has 3 heterocycles. The summed E-state index contributed by atoms with van der Waals surface area (Å²) in [6.45, 7) is 3.00. The Morgan fingerprint density at radius 2 is 2.00 bits per heavy atom. The van der Waals surface area contributed by atoms with E-state index in [4.69, 9.17) is 9.15 Å². The number of carbonyl (C=O) groups excluding carboxylic acids is 2. The molecule has 1 fully saturated rings. The van der Waals surface area contributed by atoms with Gasteiger partial charge in [0.1, 0.15) is 17.7 Å². The van der Waals surface area contributed by atoms with E-state index in [9.17, 15) is 9.59 Å². The molecule has 4 rings (SSSR count). The molecule has 2 atom stereocenters. The average molecular weight is 451 g/mol. The van der Waals surface area contributed by atoms with E-state index in [0.717, 1.165) is 24.2 Å². The van der Waals surface area contributed by atoms with Gasteiger partial charge >= 0.3 is 0 Å². The minimum Gasteiger partial charge on any atom is -0.451 e. The molecule has 0 saturated carbocycles. The molecular weight excluding hydrogens is 420 g/mol. The summed E-state index contributed by atoms with van der Waals surface area (Å²) in [5.74, 6) is 1.12. The van der Waals surface area contributed by atoms with Crippen molar-refractivity contribution in [2.45, 2.75) is 25.9 Å². The molecule has 0 spiro atoms. The van der Waals surface area contributed by atoms with Crippen LogP contribution in [-0.2, 0) is 23.0 Å². The van der Waals surface area contributed by atoms with Crippen LogP contribution in [-0.4, -0.2) is 53.0 Å². The molecule has 33 heavy (non-hydrogen) atoms. The maximum Gasteiger partial charge on any atom is 0.290 e. The van der Waals surface area contributed by atoms with Crippen molar-refractivity contribution in [1.29, 1.82) is 0 Å². The molecular formula is C25H30N4O4. The van der Waals surface area contributed by atoms with E-state index in [2.05, 4.69) is 29.4 Å². The molecule has 0 bridgehead atoms. The summed E-state index contributed by atoms with van der Waals surface area (Å²) in [6.07, 6.45) is 5.12. The topological polar surface area (TPSA) is 89.6 Å². The summed E-state index contributed by atoms with van der Waals surface area (Å²) >= 11 is 0. The first-order valence-electron chi connectivity index (χ1n) is 11.3. The Hall–Kier alpha value is -3.39. The van der Waals surface area contributed by atoms with E-state index in [1.165, 1.54) is 10.5 Å². The molecule has 1 N–H and O–H groups in total. The zero-order valence-electron chi connectivity index (χ0n) is 19.3. The number of hydrogen-bond acceptors (Lipinski definition) is 5. The standard InChI is InChI=1S/C25H30N4O4/c1-4-17-5-7-18(8-6-17)20-9-10-21(33-20)25(31)29(16-22(30)26-2)15-19-11-14-32-23(19)24-27-12-13-28(24)3/h5-10,12-13,19,23H,4,11,14-16H2,1-3H3,(H,26,30)/t19-,23+/m0/s1. The average Bonchev–Trinajstić information content (AvgIpc) is 3.59. The molecule has 1 aromatic carbocycles. The zero-order valence-corrected chi connectivity index (χ0v) is 19.3. The number of ether oxygens (including phenoxy) is 1. The Morgan fingerprint density at radius 1 is 1.21 bits per heavy atom. The van der Waals surface area contributed by atoms with Crippen LogP contribution in [0.2, 0.25) is 0 Å². The normalized spacial score (nSPS) is 17.8. The van der Waals surface area contributed by atoms with Gasteiger partial charge in [-0.3, -0.25) is 9.59 Å². The highest BCUT2D eigenvalue weighted by Crippen LogP contribution is 2.34. The Labute approximate surface area is 193 Å². The lowest BCUT2D eigenvalue weighted by molar-refractivity contribution is -0.121. The van der Waals surface area contributed by atoms with Gasteiger partial charge in [0.15, 0.2) is 5.76 Å². The second kappa shape index (κ2) is 10.0. The Morgan fingerprint density at radius 3 is 2.67 bits per heavy atom. The van der Waals surface area contributed by atoms with Crippen molar-refractivity contribution in [2.24, 2.45) is 13.0 Å². The fourth-order valence-corrected chi connectivity index (χ4v) is 4.18. The van der Waals surface area contributed by atoms with Gasteiger partial charge in [-0.05, 0) is 30.5 Å². The zero-order chi connectivity index (χ0) is 23.4. The molecule has 2 aromatic heterocycles. The third-order valence-corrected chi connectivity index (χ3v) is 6.15. The van der Waals surface area contributed by atoms with Crippen LogP contribution in [0, 0.1) is 5.92 Å². The van der Waals surface area contributed by atoms with Crippen molar-refractivity contribution in [1.82, 2.24) is 19.8 Å². The fraction of sp³-hybridized carbons (Fsp3) is 0.400. The SMILES string of the molecule is CCc1ccc(-c2ccc(C(=O)N(CC(=O)NC)C[C@@H]3CCO[C@H]3c3nccn3C)o2)cc1. The number of amides is 2. The quantitative estimate of drug-likeness (QED) is 0.569. The Kier molecular flexibility index (Phi) is 6.93. The summed E-state index contributed by atoms with van der Waals surface area (Å²) in [5, 5.41) is 2.61. The highest BCUT2D eigenvalue weighted by atomic mass is 16.5. The number of aromatic nitrogens is 2. The number of aryl methyl sites for hydroxylation is 2. The second-order valence-electron chi connectivity index (χ2n) is 8.31. The molecule has 0 unspecified atom stereocenters. The largest absolute Gasteiger partial charge is 0.451 e. The van der Waals surface area contributed by atoms with E-state index in [1.807, 2.05) is 29.9 Å². The number of hydrogen-bond donors (Lipinski definition) is 1. The minimum absolute atomic E-state index is 0.0238. The van der Waals surface area contributed by atoms with E-state index in [-0.39, 0.29) is 36.1 Å². The Balaban J connectivity index is 1.54. The fourth-order valence-electron chi connectivity index (χ4n) is 4.18.